The summed E-state index contributed by atoms with van der Waals surface area (Å²) in [5.41, 5.74) is 5.44. The van der Waals surface area contributed by atoms with Crippen molar-refractivity contribution in [3.8, 4) is 0 Å². The Balaban J connectivity index is 2.53. The van der Waals surface area contributed by atoms with E-state index in [1.165, 1.54) is 6.42 Å². The summed E-state index contributed by atoms with van der Waals surface area (Å²) in [5.74, 6) is 0. The van der Waals surface area contributed by atoms with Crippen molar-refractivity contribution >= 4 is 0 Å². The van der Waals surface area contributed by atoms with Crippen molar-refractivity contribution in [2.45, 2.75) is 37.9 Å². The fourth-order valence-corrected chi connectivity index (χ4v) is 1.80. The molecule has 3 heteroatoms. The van der Waals surface area contributed by atoms with Crippen LogP contribution in [0.1, 0.15) is 26.2 Å². The molecule has 2 N–H and O–H groups in total. The predicted octanol–water partition coefficient (Wildman–Crippen LogP) is 0.919. The van der Waals surface area contributed by atoms with Crippen LogP contribution >= 0.6 is 0 Å². The highest BCUT2D eigenvalue weighted by atomic mass is 16.5. The monoisotopic (exact) mass is 173 g/mol. The zero-order valence-electron chi connectivity index (χ0n) is 8.01. The molecule has 0 aliphatic carbocycles. The molecule has 1 aliphatic heterocycles. The average molecular weight is 173 g/mol. The van der Waals surface area contributed by atoms with Crippen molar-refractivity contribution in [3.63, 3.8) is 0 Å². The van der Waals surface area contributed by atoms with Gasteiger partial charge in [0.1, 0.15) is 0 Å². The van der Waals surface area contributed by atoms with Crippen LogP contribution in [0.2, 0.25) is 0 Å². The highest BCUT2D eigenvalue weighted by molar-refractivity contribution is 4.87. The van der Waals surface area contributed by atoms with Crippen LogP contribution < -0.4 is 5.73 Å². The van der Waals surface area contributed by atoms with E-state index >= 15 is 0 Å². The van der Waals surface area contributed by atoms with Gasteiger partial charge in [0.25, 0.3) is 0 Å². The molecule has 0 saturated carbocycles. The first-order chi connectivity index (χ1) is 5.73. The van der Waals surface area contributed by atoms with Crippen LogP contribution in [0.5, 0.6) is 0 Å². The second-order valence-corrected chi connectivity index (χ2v) is 3.58. The second kappa shape index (κ2) is 4.21. The van der Waals surface area contributed by atoms with Gasteiger partial charge in [-0.05, 0) is 26.2 Å². The highest BCUT2D eigenvalue weighted by Crippen LogP contribution is 2.28. The molecule has 12 heavy (non-hydrogen) atoms. The number of rotatable bonds is 3. The van der Waals surface area contributed by atoms with Gasteiger partial charge in [0.15, 0.2) is 0 Å². The first-order valence-electron chi connectivity index (χ1n) is 4.60. The lowest BCUT2D eigenvalue weighted by Gasteiger charge is -2.39. The summed E-state index contributed by atoms with van der Waals surface area (Å²) in [6, 6.07) is 0. The van der Waals surface area contributed by atoms with E-state index in [9.17, 15) is 0 Å². The maximum Gasteiger partial charge on any atom is 0.0979 e. The standard InChI is InChI=1S/C9H19NO2/c1-9(8(7-10)11-2)5-3-4-6-12-9/h8H,3-7,10H2,1-2H3. The summed E-state index contributed by atoms with van der Waals surface area (Å²) in [4.78, 5) is 0. The summed E-state index contributed by atoms with van der Waals surface area (Å²) < 4.78 is 11.0. The molecule has 72 valence electrons. The summed E-state index contributed by atoms with van der Waals surface area (Å²) in [6.45, 7) is 3.47. The Bertz CT molecular complexity index is 128. The maximum atomic E-state index is 5.70. The third kappa shape index (κ3) is 1.97. The van der Waals surface area contributed by atoms with E-state index in [2.05, 4.69) is 6.92 Å². The molecular formula is C9H19NO2. The van der Waals surface area contributed by atoms with E-state index in [1.807, 2.05) is 0 Å². The normalized spacial score (nSPS) is 33.2. The lowest BCUT2D eigenvalue weighted by Crippen LogP contribution is -2.49. The van der Waals surface area contributed by atoms with Gasteiger partial charge in [-0.3, -0.25) is 0 Å². The molecule has 0 aromatic rings. The molecule has 0 amide bonds. The van der Waals surface area contributed by atoms with Crippen molar-refractivity contribution in [1.82, 2.24) is 0 Å². The molecule has 1 fully saturated rings. The first kappa shape index (κ1) is 9.96. The van der Waals surface area contributed by atoms with E-state index in [0.29, 0.717) is 6.54 Å². The van der Waals surface area contributed by atoms with Gasteiger partial charge >= 0.3 is 0 Å². The first-order valence-corrected chi connectivity index (χ1v) is 4.60. The lowest BCUT2D eigenvalue weighted by atomic mass is 9.90. The van der Waals surface area contributed by atoms with Gasteiger partial charge in [0.2, 0.25) is 0 Å². The zero-order chi connectivity index (χ0) is 9.03. The Morgan fingerprint density at radius 1 is 1.58 bits per heavy atom. The van der Waals surface area contributed by atoms with Crippen molar-refractivity contribution in [2.24, 2.45) is 5.73 Å². The Hall–Kier alpha value is -0.120. The minimum absolute atomic E-state index is 0.0396. The maximum absolute atomic E-state index is 5.70. The Kier molecular flexibility index (Phi) is 3.50. The van der Waals surface area contributed by atoms with E-state index in [0.717, 1.165) is 19.4 Å². The van der Waals surface area contributed by atoms with E-state index in [-0.39, 0.29) is 11.7 Å². The number of ether oxygens (including phenoxy) is 2. The molecule has 0 spiro atoms. The number of nitrogens with two attached hydrogens (primary N) is 1. The Morgan fingerprint density at radius 3 is 2.75 bits per heavy atom. The number of hydrogen-bond acceptors (Lipinski definition) is 3. The minimum Gasteiger partial charge on any atom is -0.377 e. The highest BCUT2D eigenvalue weighted by Gasteiger charge is 2.36. The van der Waals surface area contributed by atoms with Crippen LogP contribution in [-0.4, -0.2) is 32.0 Å². The fourth-order valence-electron chi connectivity index (χ4n) is 1.80. The molecule has 3 nitrogen and oxygen atoms in total. The van der Waals surface area contributed by atoms with E-state index in [1.54, 1.807) is 7.11 Å². The zero-order valence-corrected chi connectivity index (χ0v) is 8.01. The number of methoxy groups -OCH3 is 1. The van der Waals surface area contributed by atoms with Crippen LogP contribution in [0.15, 0.2) is 0 Å². The largest absolute Gasteiger partial charge is 0.377 e. The van der Waals surface area contributed by atoms with Crippen LogP contribution in [0.25, 0.3) is 0 Å². The minimum atomic E-state index is -0.151. The molecule has 0 aromatic carbocycles. The van der Waals surface area contributed by atoms with Crippen molar-refractivity contribution in [1.29, 1.82) is 0 Å². The second-order valence-electron chi connectivity index (χ2n) is 3.58. The van der Waals surface area contributed by atoms with E-state index in [4.69, 9.17) is 15.2 Å². The third-order valence-electron chi connectivity index (χ3n) is 2.68. The summed E-state index contributed by atoms with van der Waals surface area (Å²) in [6.07, 6.45) is 3.48. The van der Waals surface area contributed by atoms with Crippen LogP contribution in [0, 0.1) is 0 Å². The van der Waals surface area contributed by atoms with Crippen molar-refractivity contribution in [3.05, 3.63) is 0 Å². The third-order valence-corrected chi connectivity index (χ3v) is 2.68. The molecule has 0 aromatic heterocycles. The molecule has 0 bridgehead atoms. The van der Waals surface area contributed by atoms with Gasteiger partial charge in [-0.15, -0.1) is 0 Å². The summed E-state index contributed by atoms with van der Waals surface area (Å²) in [7, 11) is 1.70. The lowest BCUT2D eigenvalue weighted by molar-refractivity contribution is -0.143. The molecule has 1 rings (SSSR count). The van der Waals surface area contributed by atoms with Gasteiger partial charge in [-0.2, -0.15) is 0 Å². The Morgan fingerprint density at radius 2 is 2.33 bits per heavy atom. The summed E-state index contributed by atoms with van der Waals surface area (Å²) in [5, 5.41) is 0. The molecule has 2 unspecified atom stereocenters. The van der Waals surface area contributed by atoms with Crippen molar-refractivity contribution < 1.29 is 9.47 Å². The van der Waals surface area contributed by atoms with Crippen LogP contribution in [0.4, 0.5) is 0 Å². The topological polar surface area (TPSA) is 44.5 Å². The number of hydrogen-bond donors (Lipinski definition) is 1. The average Bonchev–Trinajstić information content (AvgIpc) is 2.07. The molecule has 1 saturated heterocycles. The van der Waals surface area contributed by atoms with Gasteiger partial charge in [-0.1, -0.05) is 0 Å². The van der Waals surface area contributed by atoms with E-state index < -0.39 is 0 Å². The van der Waals surface area contributed by atoms with Gasteiger partial charge < -0.3 is 15.2 Å². The fraction of sp³-hybridized carbons (Fsp3) is 1.00. The smallest absolute Gasteiger partial charge is 0.0979 e. The van der Waals surface area contributed by atoms with Crippen molar-refractivity contribution in [2.75, 3.05) is 20.3 Å². The molecular weight excluding hydrogens is 154 g/mol. The van der Waals surface area contributed by atoms with Gasteiger partial charge in [0.05, 0.1) is 11.7 Å². The SMILES string of the molecule is COC(CN)C1(C)CCCCO1. The molecule has 0 radical (unpaired) electrons. The van der Waals surface area contributed by atoms with Crippen LogP contribution in [0.3, 0.4) is 0 Å². The van der Waals surface area contributed by atoms with Gasteiger partial charge in [-0.25, -0.2) is 0 Å². The summed E-state index contributed by atoms with van der Waals surface area (Å²) >= 11 is 0. The molecule has 2 atom stereocenters. The van der Waals surface area contributed by atoms with Crippen LogP contribution in [-0.2, 0) is 9.47 Å². The Labute approximate surface area is 74.2 Å². The molecule has 1 heterocycles. The van der Waals surface area contributed by atoms with Gasteiger partial charge in [0, 0.05) is 20.3 Å². The quantitative estimate of drug-likeness (QED) is 0.690. The predicted molar refractivity (Wildman–Crippen MR) is 48.1 cm³/mol. The molecule has 1 aliphatic rings.